The molecule has 1 aromatic carbocycles. The van der Waals surface area contributed by atoms with E-state index in [0.29, 0.717) is 5.84 Å². The number of aliphatic imine (C=N–C) groups is 3. The smallest absolute Gasteiger partial charge is 0.459 e. The SMILES string of the molecule is COC(=O)[C@H](C)NP(=O)(OC[C@H]1O[C@@H](N2C=NC3C(NC4CCCC4)=NC(N)=NC32)[C@](C)(F)[C@@H]1O)Oc1ccccc1. The number of nitrogens with one attached hydrogen (secondary N) is 2. The highest BCUT2D eigenvalue weighted by molar-refractivity contribution is 7.52. The zero-order valence-corrected chi connectivity index (χ0v) is 24.5. The van der Waals surface area contributed by atoms with Crippen LogP contribution in [0.25, 0.3) is 0 Å². The number of para-hydroxylation sites is 1. The van der Waals surface area contributed by atoms with E-state index in [1.54, 1.807) is 30.3 Å². The predicted octanol–water partition coefficient (Wildman–Crippen LogP) is 1.45. The van der Waals surface area contributed by atoms with E-state index < -0.39 is 62.7 Å². The number of methoxy groups -OCH3 is 1. The minimum Gasteiger partial charge on any atom is -0.468 e. The number of ether oxygens (including phenoxy) is 2. The lowest BCUT2D eigenvalue weighted by Gasteiger charge is -2.36. The monoisotopic (exact) mass is 609 g/mol. The molecule has 14 nitrogen and oxygen atoms in total. The second-order valence-electron chi connectivity index (χ2n) is 10.9. The van der Waals surface area contributed by atoms with E-state index in [1.165, 1.54) is 32.2 Å². The summed E-state index contributed by atoms with van der Waals surface area (Å²) in [5, 5.41) is 16.9. The number of carbonyl (C=O) groups is 1. The molecule has 5 N–H and O–H groups in total. The summed E-state index contributed by atoms with van der Waals surface area (Å²) in [5.41, 5.74) is 3.70. The summed E-state index contributed by atoms with van der Waals surface area (Å²) in [5.74, 6) is 0.0739. The molecule has 1 aromatic rings. The Kier molecular flexibility index (Phi) is 8.86. The number of aliphatic hydroxyl groups excluding tert-OH is 1. The number of nitrogens with zero attached hydrogens (tertiary/aromatic N) is 4. The third kappa shape index (κ3) is 6.30. The van der Waals surface area contributed by atoms with Gasteiger partial charge in [0.1, 0.15) is 35.9 Å². The summed E-state index contributed by atoms with van der Waals surface area (Å²) < 4.78 is 51.7. The molecular formula is C26H37FN7O7P. The zero-order valence-electron chi connectivity index (χ0n) is 23.6. The van der Waals surface area contributed by atoms with Gasteiger partial charge in [-0.3, -0.25) is 14.3 Å². The first-order valence-corrected chi connectivity index (χ1v) is 15.4. The summed E-state index contributed by atoms with van der Waals surface area (Å²) in [6.07, 6.45) is 0.647. The maximum Gasteiger partial charge on any atom is 0.459 e. The maximum absolute atomic E-state index is 16.1. The molecule has 2 fully saturated rings. The van der Waals surface area contributed by atoms with Crippen LogP contribution in [0.2, 0.25) is 0 Å². The van der Waals surface area contributed by atoms with Gasteiger partial charge in [0.15, 0.2) is 18.1 Å². The highest BCUT2D eigenvalue weighted by atomic mass is 31.2. The zero-order chi connectivity index (χ0) is 30.1. The fraction of sp³-hybridized carbons (Fsp3) is 0.615. The second kappa shape index (κ2) is 12.3. The number of esters is 1. The van der Waals surface area contributed by atoms with Crippen LogP contribution in [-0.2, 0) is 23.4 Å². The van der Waals surface area contributed by atoms with Crippen LogP contribution in [0.4, 0.5) is 4.39 Å². The summed E-state index contributed by atoms with van der Waals surface area (Å²) in [4.78, 5) is 26.7. The lowest BCUT2D eigenvalue weighted by atomic mass is 9.97. The van der Waals surface area contributed by atoms with Crippen molar-refractivity contribution in [1.29, 1.82) is 0 Å². The second-order valence-corrected chi connectivity index (χ2v) is 12.6. The van der Waals surface area contributed by atoms with Gasteiger partial charge in [0.2, 0.25) is 5.96 Å². The Bertz CT molecular complexity index is 1280. The van der Waals surface area contributed by atoms with Crippen molar-refractivity contribution in [1.82, 2.24) is 15.3 Å². The molecule has 0 radical (unpaired) electrons. The highest BCUT2D eigenvalue weighted by Gasteiger charge is 2.59. The van der Waals surface area contributed by atoms with Crippen LogP contribution in [0.1, 0.15) is 39.5 Å². The molecule has 0 aromatic heterocycles. The van der Waals surface area contributed by atoms with E-state index >= 15 is 4.39 Å². The first-order chi connectivity index (χ1) is 20.0. The van der Waals surface area contributed by atoms with E-state index in [2.05, 4.69) is 25.4 Å². The normalized spacial score (nSPS) is 33.0. The Labute approximate surface area is 243 Å². The minimum absolute atomic E-state index is 0.0241. The molecule has 5 rings (SSSR count). The van der Waals surface area contributed by atoms with E-state index in [1.807, 2.05) is 0 Å². The van der Waals surface area contributed by atoms with Gasteiger partial charge in [0.05, 0.1) is 20.1 Å². The first kappa shape index (κ1) is 30.4. The van der Waals surface area contributed by atoms with Gasteiger partial charge in [-0.15, -0.1) is 0 Å². The largest absolute Gasteiger partial charge is 0.468 e. The average Bonchev–Trinajstić information content (AvgIpc) is 3.67. The molecule has 1 saturated carbocycles. The third-order valence-electron chi connectivity index (χ3n) is 7.71. The number of rotatable bonds is 10. The molecule has 42 heavy (non-hydrogen) atoms. The molecule has 0 spiro atoms. The molecule has 0 amide bonds. The molecule has 8 atom stereocenters. The van der Waals surface area contributed by atoms with Gasteiger partial charge in [-0.2, -0.15) is 10.1 Å². The number of alkyl halides is 1. The number of nitrogens with two attached hydrogens (primary N) is 1. The number of halogens is 1. The minimum atomic E-state index is -4.25. The summed E-state index contributed by atoms with van der Waals surface area (Å²) in [6.45, 7) is 2.08. The number of benzene rings is 1. The van der Waals surface area contributed by atoms with E-state index in [0.717, 1.165) is 25.7 Å². The quantitative estimate of drug-likeness (QED) is 0.223. The summed E-state index contributed by atoms with van der Waals surface area (Å²) in [6, 6.07) is 6.80. The van der Waals surface area contributed by atoms with Gasteiger partial charge in [0.25, 0.3) is 0 Å². The Hall–Kier alpha value is -3.10. The molecule has 16 heteroatoms. The average molecular weight is 610 g/mol. The van der Waals surface area contributed by atoms with Gasteiger partial charge in [0, 0.05) is 6.04 Å². The number of hydrogen-bond acceptors (Lipinski definition) is 13. The Balaban J connectivity index is 1.29. The molecule has 230 valence electrons. The molecule has 3 unspecified atom stereocenters. The van der Waals surface area contributed by atoms with Crippen molar-refractivity contribution in [3.05, 3.63) is 30.3 Å². The van der Waals surface area contributed by atoms with E-state index in [-0.39, 0.29) is 17.8 Å². The summed E-state index contributed by atoms with van der Waals surface area (Å²) in [7, 11) is -3.07. The van der Waals surface area contributed by atoms with Gasteiger partial charge in [-0.1, -0.05) is 31.0 Å². The number of aliphatic hydroxyl groups is 1. The Morgan fingerprint density at radius 3 is 2.74 bits per heavy atom. The number of amidine groups is 1. The lowest BCUT2D eigenvalue weighted by Crippen LogP contribution is -2.56. The van der Waals surface area contributed by atoms with Crippen LogP contribution >= 0.6 is 7.75 Å². The fourth-order valence-corrected chi connectivity index (χ4v) is 6.98. The van der Waals surface area contributed by atoms with Crippen LogP contribution in [-0.4, -0.2) is 96.2 Å². The van der Waals surface area contributed by atoms with Crippen LogP contribution < -0.4 is 20.7 Å². The fourth-order valence-electron chi connectivity index (χ4n) is 5.48. The number of guanidine groups is 1. The van der Waals surface area contributed by atoms with Crippen molar-refractivity contribution in [3.8, 4) is 5.75 Å². The van der Waals surface area contributed by atoms with Crippen LogP contribution in [0.15, 0.2) is 45.3 Å². The number of carbonyl (C=O) groups excluding carboxylic acids is 1. The van der Waals surface area contributed by atoms with Gasteiger partial charge in [-0.25, -0.2) is 13.9 Å². The predicted molar refractivity (Wildman–Crippen MR) is 152 cm³/mol. The number of hydrogen-bond donors (Lipinski definition) is 4. The third-order valence-corrected chi connectivity index (χ3v) is 9.35. The first-order valence-electron chi connectivity index (χ1n) is 13.9. The van der Waals surface area contributed by atoms with Gasteiger partial charge in [-0.05, 0) is 38.8 Å². The highest BCUT2D eigenvalue weighted by Crippen LogP contribution is 2.47. The van der Waals surface area contributed by atoms with E-state index in [4.69, 9.17) is 24.3 Å². The van der Waals surface area contributed by atoms with Crippen molar-refractivity contribution in [2.75, 3.05) is 13.7 Å². The standard InChI is InChI=1S/C26H37FN7O7P/c1-15(23(36)38-3)33-42(37,41-17-11-5-4-6-12-17)39-13-18-20(35)26(2,27)24(40-18)34-14-29-19-21(30-16-9-7-8-10-16)31-25(28)32-22(19)34/h4-6,11-12,14-16,18-20,22,24,35H,7-10,13H2,1-3H3,(H,33,37)(H3,28,30,31,32)/t15-,18+,19?,20+,22?,24+,26+,42?/m0/s1. The van der Waals surface area contributed by atoms with Crippen molar-refractivity contribution in [2.24, 2.45) is 20.7 Å². The topological polar surface area (TPSA) is 182 Å². The molecular weight excluding hydrogens is 572 g/mol. The molecule has 1 saturated heterocycles. The maximum atomic E-state index is 16.1. The molecule has 1 aliphatic carbocycles. The molecule has 0 bridgehead atoms. The molecule has 4 aliphatic rings. The molecule has 3 heterocycles. The summed E-state index contributed by atoms with van der Waals surface area (Å²) >= 11 is 0. The van der Waals surface area contributed by atoms with Crippen LogP contribution in [0.3, 0.4) is 0 Å². The Morgan fingerprint density at radius 2 is 2.05 bits per heavy atom. The van der Waals surface area contributed by atoms with E-state index in [9.17, 15) is 14.5 Å². The van der Waals surface area contributed by atoms with Crippen molar-refractivity contribution < 1.29 is 37.4 Å². The van der Waals surface area contributed by atoms with Crippen molar-refractivity contribution >= 4 is 31.8 Å². The van der Waals surface area contributed by atoms with Crippen molar-refractivity contribution in [2.45, 2.75) is 87.9 Å². The van der Waals surface area contributed by atoms with Gasteiger partial charge < -0.3 is 35.1 Å². The number of fused-ring (bicyclic) bond motifs is 1. The Morgan fingerprint density at radius 1 is 1.33 bits per heavy atom. The van der Waals surface area contributed by atoms with Crippen LogP contribution in [0, 0.1) is 0 Å². The van der Waals surface area contributed by atoms with Crippen molar-refractivity contribution in [3.63, 3.8) is 0 Å². The molecule has 3 aliphatic heterocycles. The van der Waals surface area contributed by atoms with Crippen LogP contribution in [0.5, 0.6) is 5.75 Å². The lowest BCUT2D eigenvalue weighted by molar-refractivity contribution is -0.142. The van der Waals surface area contributed by atoms with Gasteiger partial charge >= 0.3 is 13.7 Å².